The normalized spacial score (nSPS) is 13.6. The van der Waals surface area contributed by atoms with E-state index in [4.69, 9.17) is 4.74 Å². The summed E-state index contributed by atoms with van der Waals surface area (Å²) in [5.74, 6) is 0.740. The third-order valence-corrected chi connectivity index (χ3v) is 4.28. The lowest BCUT2D eigenvalue weighted by Crippen LogP contribution is -2.35. The molecule has 122 valence electrons. The molecule has 1 aromatic carbocycles. The van der Waals surface area contributed by atoms with E-state index in [9.17, 15) is 4.79 Å². The zero-order valence-corrected chi connectivity index (χ0v) is 13.2. The molecule has 7 heteroatoms. The molecule has 0 unspecified atom stereocenters. The Labute approximate surface area is 138 Å². The number of ether oxygens (including phenoxy) is 1. The summed E-state index contributed by atoms with van der Waals surface area (Å²) in [6.07, 6.45) is 2.57. The quantitative estimate of drug-likeness (QED) is 0.772. The number of nitrogens with one attached hydrogen (secondary N) is 2. The fourth-order valence-electron chi connectivity index (χ4n) is 2.91. The van der Waals surface area contributed by atoms with Crippen LogP contribution >= 0.6 is 0 Å². The van der Waals surface area contributed by atoms with E-state index >= 15 is 0 Å². The smallest absolute Gasteiger partial charge is 0.272 e. The van der Waals surface area contributed by atoms with Crippen LogP contribution in [0.25, 0.3) is 11.3 Å². The van der Waals surface area contributed by atoms with Gasteiger partial charge in [0.2, 0.25) is 0 Å². The summed E-state index contributed by atoms with van der Waals surface area (Å²) in [6.45, 7) is 1.24. The molecule has 0 radical (unpaired) electrons. The SMILES string of the molecule is COc1ccc(-c2cc(C(=O)N3CCc4[nH]ncc4C3)[nH]n2)cc1. The lowest BCUT2D eigenvalue weighted by Gasteiger charge is -2.25. The van der Waals surface area contributed by atoms with Gasteiger partial charge in [-0.15, -0.1) is 0 Å². The van der Waals surface area contributed by atoms with E-state index in [1.54, 1.807) is 19.4 Å². The Bertz CT molecular complexity index is 865. The molecule has 3 heterocycles. The molecule has 0 saturated heterocycles. The zero-order chi connectivity index (χ0) is 16.5. The summed E-state index contributed by atoms with van der Waals surface area (Å²) < 4.78 is 5.15. The number of hydrogen-bond donors (Lipinski definition) is 2. The number of rotatable bonds is 3. The number of carbonyl (C=O) groups excluding carboxylic acids is 1. The largest absolute Gasteiger partial charge is 0.497 e. The standard InChI is InChI=1S/C17H17N5O2/c1-24-13-4-2-11(3-5-13)15-8-16(21-20-15)17(23)22-7-6-14-12(10-22)9-18-19-14/h2-5,8-9H,6-7,10H2,1H3,(H,18,19)(H,20,21). The highest BCUT2D eigenvalue weighted by Gasteiger charge is 2.24. The number of nitrogens with zero attached hydrogens (tertiary/aromatic N) is 3. The van der Waals surface area contributed by atoms with Crippen LogP contribution in [-0.4, -0.2) is 44.9 Å². The van der Waals surface area contributed by atoms with Crippen molar-refractivity contribution >= 4 is 5.91 Å². The van der Waals surface area contributed by atoms with Crippen LogP contribution in [-0.2, 0) is 13.0 Å². The summed E-state index contributed by atoms with van der Waals surface area (Å²) >= 11 is 0. The van der Waals surface area contributed by atoms with Crippen molar-refractivity contribution in [3.8, 4) is 17.0 Å². The van der Waals surface area contributed by atoms with Crippen molar-refractivity contribution in [2.75, 3.05) is 13.7 Å². The summed E-state index contributed by atoms with van der Waals surface area (Å²) in [7, 11) is 1.63. The Balaban J connectivity index is 1.53. The molecule has 2 aromatic heterocycles. The summed E-state index contributed by atoms with van der Waals surface area (Å²) in [5, 5.41) is 14.1. The third-order valence-electron chi connectivity index (χ3n) is 4.28. The minimum Gasteiger partial charge on any atom is -0.497 e. The number of amides is 1. The number of aromatic nitrogens is 4. The topological polar surface area (TPSA) is 86.9 Å². The fraction of sp³-hybridized carbons (Fsp3) is 0.235. The van der Waals surface area contributed by atoms with Crippen LogP contribution in [0.3, 0.4) is 0 Å². The molecule has 1 amide bonds. The first-order chi connectivity index (χ1) is 11.7. The highest BCUT2D eigenvalue weighted by atomic mass is 16.5. The molecule has 24 heavy (non-hydrogen) atoms. The molecule has 0 aliphatic carbocycles. The summed E-state index contributed by atoms with van der Waals surface area (Å²) in [5.41, 5.74) is 4.35. The maximum absolute atomic E-state index is 12.7. The molecule has 2 N–H and O–H groups in total. The summed E-state index contributed by atoms with van der Waals surface area (Å²) in [6, 6.07) is 9.37. The van der Waals surface area contributed by atoms with Crippen molar-refractivity contribution in [1.29, 1.82) is 0 Å². The molecule has 0 spiro atoms. The first-order valence-electron chi connectivity index (χ1n) is 7.75. The van der Waals surface area contributed by atoms with Gasteiger partial charge in [0.15, 0.2) is 0 Å². The average molecular weight is 323 g/mol. The van der Waals surface area contributed by atoms with Gasteiger partial charge in [0, 0.05) is 36.3 Å². The lowest BCUT2D eigenvalue weighted by molar-refractivity contribution is 0.0728. The molecule has 0 fully saturated rings. The number of aromatic amines is 2. The molecular formula is C17H17N5O2. The van der Waals surface area contributed by atoms with E-state index in [0.29, 0.717) is 18.8 Å². The van der Waals surface area contributed by atoms with Gasteiger partial charge in [-0.05, 0) is 30.3 Å². The molecule has 1 aliphatic rings. The van der Waals surface area contributed by atoms with Gasteiger partial charge in [0.1, 0.15) is 11.4 Å². The number of fused-ring (bicyclic) bond motifs is 1. The Morgan fingerprint density at radius 1 is 1.25 bits per heavy atom. The Hall–Kier alpha value is -3.09. The van der Waals surface area contributed by atoms with Crippen LogP contribution in [0, 0.1) is 0 Å². The molecule has 0 atom stereocenters. The van der Waals surface area contributed by atoms with E-state index in [1.165, 1.54) is 0 Å². The highest BCUT2D eigenvalue weighted by molar-refractivity contribution is 5.93. The van der Waals surface area contributed by atoms with Gasteiger partial charge in [0.05, 0.1) is 19.0 Å². The minimum absolute atomic E-state index is 0.0471. The third kappa shape index (κ3) is 2.54. The van der Waals surface area contributed by atoms with Crippen LogP contribution in [0.15, 0.2) is 36.5 Å². The van der Waals surface area contributed by atoms with Gasteiger partial charge >= 0.3 is 0 Å². The number of hydrogen-bond acceptors (Lipinski definition) is 4. The van der Waals surface area contributed by atoms with Gasteiger partial charge in [-0.3, -0.25) is 15.0 Å². The van der Waals surface area contributed by atoms with Gasteiger partial charge in [-0.25, -0.2) is 0 Å². The van der Waals surface area contributed by atoms with E-state index in [2.05, 4.69) is 20.4 Å². The second-order valence-corrected chi connectivity index (χ2v) is 5.75. The Morgan fingerprint density at radius 2 is 2.08 bits per heavy atom. The van der Waals surface area contributed by atoms with Gasteiger partial charge in [0.25, 0.3) is 5.91 Å². The van der Waals surface area contributed by atoms with Crippen molar-refractivity contribution < 1.29 is 9.53 Å². The average Bonchev–Trinajstić information content (AvgIpc) is 3.30. The van der Waals surface area contributed by atoms with Crippen LogP contribution in [0.1, 0.15) is 21.7 Å². The number of benzene rings is 1. The first kappa shape index (κ1) is 14.5. The zero-order valence-electron chi connectivity index (χ0n) is 13.2. The van der Waals surface area contributed by atoms with Crippen LogP contribution in [0.4, 0.5) is 0 Å². The van der Waals surface area contributed by atoms with Crippen molar-refractivity contribution in [3.05, 3.63) is 53.5 Å². The number of methoxy groups -OCH3 is 1. The predicted molar refractivity (Wildman–Crippen MR) is 87.6 cm³/mol. The van der Waals surface area contributed by atoms with E-state index in [0.717, 1.165) is 34.7 Å². The van der Waals surface area contributed by atoms with E-state index in [1.807, 2.05) is 29.2 Å². The van der Waals surface area contributed by atoms with Crippen molar-refractivity contribution in [2.45, 2.75) is 13.0 Å². The molecule has 3 aromatic rings. The van der Waals surface area contributed by atoms with Gasteiger partial charge in [-0.1, -0.05) is 0 Å². The number of carbonyl (C=O) groups is 1. The van der Waals surface area contributed by atoms with E-state index in [-0.39, 0.29) is 5.91 Å². The van der Waals surface area contributed by atoms with Gasteiger partial charge < -0.3 is 9.64 Å². The molecule has 0 bridgehead atoms. The monoisotopic (exact) mass is 323 g/mol. The first-order valence-corrected chi connectivity index (χ1v) is 7.75. The molecular weight excluding hydrogens is 306 g/mol. The van der Waals surface area contributed by atoms with Crippen LogP contribution in [0.5, 0.6) is 5.75 Å². The van der Waals surface area contributed by atoms with Crippen molar-refractivity contribution in [1.82, 2.24) is 25.3 Å². The second-order valence-electron chi connectivity index (χ2n) is 5.75. The van der Waals surface area contributed by atoms with Gasteiger partial charge in [-0.2, -0.15) is 10.2 Å². The molecule has 1 aliphatic heterocycles. The molecule has 0 saturated carbocycles. The molecule has 4 rings (SSSR count). The Morgan fingerprint density at radius 3 is 2.88 bits per heavy atom. The maximum atomic E-state index is 12.7. The highest BCUT2D eigenvalue weighted by Crippen LogP contribution is 2.23. The summed E-state index contributed by atoms with van der Waals surface area (Å²) in [4.78, 5) is 14.5. The number of H-pyrrole nitrogens is 2. The van der Waals surface area contributed by atoms with Crippen molar-refractivity contribution in [2.24, 2.45) is 0 Å². The minimum atomic E-state index is -0.0471. The Kier molecular flexibility index (Phi) is 3.53. The predicted octanol–water partition coefficient (Wildman–Crippen LogP) is 2.01. The van der Waals surface area contributed by atoms with Crippen molar-refractivity contribution in [3.63, 3.8) is 0 Å². The fourth-order valence-corrected chi connectivity index (χ4v) is 2.91. The van der Waals surface area contributed by atoms with E-state index < -0.39 is 0 Å². The molecule has 7 nitrogen and oxygen atoms in total. The maximum Gasteiger partial charge on any atom is 0.272 e. The second kappa shape index (κ2) is 5.84. The van der Waals surface area contributed by atoms with Crippen LogP contribution in [0.2, 0.25) is 0 Å². The van der Waals surface area contributed by atoms with Crippen LogP contribution < -0.4 is 4.74 Å². The lowest BCUT2D eigenvalue weighted by atomic mass is 10.1.